The molecule has 0 saturated heterocycles. The van der Waals surface area contributed by atoms with E-state index in [1.54, 1.807) is 0 Å². The van der Waals surface area contributed by atoms with Gasteiger partial charge in [-0.05, 0) is 53.3 Å². The molecule has 0 aromatic heterocycles. The number of carbonyl (C=O) groups is 2. The monoisotopic (exact) mass is 379 g/mol. The highest BCUT2D eigenvalue weighted by Crippen LogP contribution is 2.18. The summed E-state index contributed by atoms with van der Waals surface area (Å²) in [5.41, 5.74) is 1.82. The highest BCUT2D eigenvalue weighted by atomic mass is 127. The van der Waals surface area contributed by atoms with Crippen molar-refractivity contribution in [3.05, 3.63) is 27.3 Å². The minimum Gasteiger partial charge on any atom is -0.481 e. The van der Waals surface area contributed by atoms with Crippen LogP contribution < -0.4 is 5.32 Å². The summed E-state index contributed by atoms with van der Waals surface area (Å²) in [6.45, 7) is 1.94. The molecule has 1 amide bonds. The third kappa shape index (κ3) is 5.72. The Morgan fingerprint density at radius 1 is 1.44 bits per heavy atom. The van der Waals surface area contributed by atoms with Crippen LogP contribution >= 0.6 is 34.4 Å². The van der Waals surface area contributed by atoms with Crippen LogP contribution in [0.3, 0.4) is 0 Å². The number of hydrogen-bond donors (Lipinski definition) is 2. The van der Waals surface area contributed by atoms with E-state index in [2.05, 4.69) is 27.9 Å². The van der Waals surface area contributed by atoms with Crippen molar-refractivity contribution < 1.29 is 14.7 Å². The molecule has 0 aliphatic heterocycles. The number of anilines is 1. The maximum absolute atomic E-state index is 11.6. The van der Waals surface area contributed by atoms with Crippen LogP contribution in [0.1, 0.15) is 12.0 Å². The third-order valence-corrected chi connectivity index (χ3v) is 3.79. The molecule has 1 aromatic carbocycles. The molecule has 0 unspecified atom stereocenters. The van der Waals surface area contributed by atoms with Crippen molar-refractivity contribution in [1.82, 2.24) is 0 Å². The van der Waals surface area contributed by atoms with Crippen LogP contribution in [-0.2, 0) is 9.59 Å². The van der Waals surface area contributed by atoms with Crippen molar-refractivity contribution >= 4 is 51.9 Å². The van der Waals surface area contributed by atoms with E-state index in [4.69, 9.17) is 5.11 Å². The summed E-state index contributed by atoms with van der Waals surface area (Å²) in [5.74, 6) is -0.210. The van der Waals surface area contributed by atoms with Gasteiger partial charge in [-0.3, -0.25) is 9.59 Å². The first-order valence-electron chi connectivity index (χ1n) is 5.34. The Morgan fingerprint density at radius 3 is 2.78 bits per heavy atom. The summed E-state index contributed by atoms with van der Waals surface area (Å²) in [6.07, 6.45) is 0.0838. The van der Waals surface area contributed by atoms with E-state index in [-0.39, 0.29) is 18.1 Å². The van der Waals surface area contributed by atoms with Crippen molar-refractivity contribution in [2.45, 2.75) is 13.3 Å². The molecule has 2 N–H and O–H groups in total. The first-order valence-corrected chi connectivity index (χ1v) is 7.58. The topological polar surface area (TPSA) is 66.4 Å². The number of rotatable bonds is 6. The highest BCUT2D eigenvalue weighted by Gasteiger charge is 2.06. The second kappa shape index (κ2) is 7.63. The molecule has 98 valence electrons. The number of aliphatic carboxylic acids is 1. The van der Waals surface area contributed by atoms with E-state index in [1.165, 1.54) is 11.8 Å². The van der Waals surface area contributed by atoms with Gasteiger partial charge in [0.2, 0.25) is 5.91 Å². The molecule has 1 aromatic rings. The van der Waals surface area contributed by atoms with Crippen molar-refractivity contribution in [1.29, 1.82) is 0 Å². The van der Waals surface area contributed by atoms with Crippen LogP contribution in [-0.4, -0.2) is 28.5 Å². The van der Waals surface area contributed by atoms with Crippen molar-refractivity contribution in [2.75, 3.05) is 16.8 Å². The number of hydrogen-bond acceptors (Lipinski definition) is 3. The molecule has 0 aliphatic carbocycles. The fourth-order valence-corrected chi connectivity index (χ4v) is 2.65. The first-order chi connectivity index (χ1) is 8.49. The molecule has 4 nitrogen and oxygen atoms in total. The van der Waals surface area contributed by atoms with Gasteiger partial charge in [-0.2, -0.15) is 11.8 Å². The zero-order valence-corrected chi connectivity index (χ0v) is 12.9. The molecule has 0 bridgehead atoms. The quantitative estimate of drug-likeness (QED) is 0.589. The van der Waals surface area contributed by atoms with Crippen molar-refractivity contribution in [3.8, 4) is 0 Å². The van der Waals surface area contributed by atoms with Gasteiger partial charge in [-0.15, -0.1) is 0 Å². The smallest absolute Gasteiger partial charge is 0.304 e. The fraction of sp³-hybridized carbons (Fsp3) is 0.333. The zero-order chi connectivity index (χ0) is 13.5. The van der Waals surface area contributed by atoms with Crippen LogP contribution in [0.5, 0.6) is 0 Å². The molecule has 0 atom stereocenters. The van der Waals surface area contributed by atoms with Gasteiger partial charge in [0.15, 0.2) is 0 Å². The summed E-state index contributed by atoms with van der Waals surface area (Å²) < 4.78 is 1.12. The predicted octanol–water partition coefficient (Wildman–Crippen LogP) is 2.75. The molecule has 0 heterocycles. The number of thioether (sulfide) groups is 1. The number of carbonyl (C=O) groups excluding carboxylic acids is 1. The van der Waals surface area contributed by atoms with Gasteiger partial charge in [0.05, 0.1) is 12.2 Å². The fourth-order valence-electron chi connectivity index (χ4n) is 1.28. The number of nitrogens with one attached hydrogen (secondary N) is 1. The summed E-state index contributed by atoms with van der Waals surface area (Å²) in [5, 5.41) is 11.3. The Labute approximate surface area is 124 Å². The summed E-state index contributed by atoms with van der Waals surface area (Å²) >= 11 is 3.54. The second-order valence-corrected chi connectivity index (χ2v) is 6.05. The number of benzene rings is 1. The average Bonchev–Trinajstić information content (AvgIpc) is 2.28. The van der Waals surface area contributed by atoms with E-state index in [1.807, 2.05) is 25.1 Å². The van der Waals surface area contributed by atoms with E-state index in [0.717, 1.165) is 14.8 Å². The lowest BCUT2D eigenvalue weighted by Crippen LogP contribution is -2.15. The molecule has 0 spiro atoms. The number of carboxylic acid groups (broad SMARTS) is 1. The first kappa shape index (κ1) is 15.3. The molecular formula is C12H14INO3S. The van der Waals surface area contributed by atoms with Gasteiger partial charge < -0.3 is 10.4 Å². The SMILES string of the molecule is Cc1cc(I)ccc1NC(=O)CSCCC(=O)O. The van der Waals surface area contributed by atoms with E-state index in [0.29, 0.717) is 5.75 Å². The molecule has 18 heavy (non-hydrogen) atoms. The van der Waals surface area contributed by atoms with Crippen molar-refractivity contribution in [2.24, 2.45) is 0 Å². The van der Waals surface area contributed by atoms with Gasteiger partial charge in [-0.25, -0.2) is 0 Å². The number of carboxylic acids is 1. The van der Waals surface area contributed by atoms with Crippen LogP contribution in [0.15, 0.2) is 18.2 Å². The van der Waals surface area contributed by atoms with Gasteiger partial charge >= 0.3 is 5.97 Å². The van der Waals surface area contributed by atoms with E-state index in [9.17, 15) is 9.59 Å². The predicted molar refractivity (Wildman–Crippen MR) is 82.1 cm³/mol. The average molecular weight is 379 g/mol. The van der Waals surface area contributed by atoms with Gasteiger partial charge in [0, 0.05) is 15.0 Å². The standard InChI is InChI=1S/C12H14INO3S/c1-8-6-9(13)2-3-10(8)14-11(15)7-18-5-4-12(16)17/h2-3,6H,4-5,7H2,1H3,(H,14,15)(H,16,17). The highest BCUT2D eigenvalue weighted by molar-refractivity contribution is 14.1. The third-order valence-electron chi connectivity index (χ3n) is 2.16. The van der Waals surface area contributed by atoms with Gasteiger partial charge in [0.1, 0.15) is 0 Å². The number of amides is 1. The van der Waals surface area contributed by atoms with Crippen LogP contribution in [0.25, 0.3) is 0 Å². The number of halogens is 1. The minimum atomic E-state index is -0.837. The summed E-state index contributed by atoms with van der Waals surface area (Å²) in [6, 6.07) is 5.80. The molecule has 0 fully saturated rings. The van der Waals surface area contributed by atoms with Crippen LogP contribution in [0.4, 0.5) is 5.69 Å². The maximum Gasteiger partial charge on any atom is 0.304 e. The molecule has 0 saturated carbocycles. The largest absolute Gasteiger partial charge is 0.481 e. The maximum atomic E-state index is 11.6. The lowest BCUT2D eigenvalue weighted by Gasteiger charge is -2.08. The lowest BCUT2D eigenvalue weighted by atomic mass is 10.2. The summed E-state index contributed by atoms with van der Waals surface area (Å²) in [4.78, 5) is 21.9. The van der Waals surface area contributed by atoms with Crippen LogP contribution in [0.2, 0.25) is 0 Å². The Balaban J connectivity index is 2.38. The van der Waals surface area contributed by atoms with Gasteiger partial charge in [-0.1, -0.05) is 0 Å². The molecule has 0 radical (unpaired) electrons. The van der Waals surface area contributed by atoms with E-state index >= 15 is 0 Å². The molecule has 0 aliphatic rings. The Hall–Kier alpha value is -0.760. The second-order valence-electron chi connectivity index (χ2n) is 3.70. The van der Waals surface area contributed by atoms with Crippen LogP contribution in [0, 0.1) is 10.5 Å². The van der Waals surface area contributed by atoms with E-state index < -0.39 is 5.97 Å². The molecule has 1 rings (SSSR count). The zero-order valence-electron chi connectivity index (χ0n) is 9.90. The summed E-state index contributed by atoms with van der Waals surface area (Å²) in [7, 11) is 0. The Bertz CT molecular complexity index is 451. The Morgan fingerprint density at radius 2 is 2.17 bits per heavy atom. The lowest BCUT2D eigenvalue weighted by molar-refractivity contribution is -0.136. The number of aryl methyl sites for hydroxylation is 1. The minimum absolute atomic E-state index is 0.0838. The molecule has 6 heteroatoms. The van der Waals surface area contributed by atoms with Gasteiger partial charge in [0.25, 0.3) is 0 Å². The van der Waals surface area contributed by atoms with Crippen molar-refractivity contribution in [3.63, 3.8) is 0 Å². The molecular weight excluding hydrogens is 365 g/mol. The normalized spacial score (nSPS) is 10.1. The Kier molecular flexibility index (Phi) is 6.48.